The van der Waals surface area contributed by atoms with E-state index in [0.29, 0.717) is 5.78 Å². The van der Waals surface area contributed by atoms with Gasteiger partial charge >= 0.3 is 0 Å². The fourth-order valence-corrected chi connectivity index (χ4v) is 1.67. The van der Waals surface area contributed by atoms with Gasteiger partial charge < -0.3 is 4.74 Å². The van der Waals surface area contributed by atoms with Crippen LogP contribution in [0.2, 0.25) is 0 Å². The maximum atomic E-state index is 11.0. The second-order valence-corrected chi connectivity index (χ2v) is 3.17. The van der Waals surface area contributed by atoms with Crippen LogP contribution in [0, 0.1) is 0 Å². The summed E-state index contributed by atoms with van der Waals surface area (Å²) in [5.74, 6) is 0.423. The van der Waals surface area contributed by atoms with Gasteiger partial charge in [-0.3, -0.25) is 9.69 Å². The van der Waals surface area contributed by atoms with Crippen molar-refractivity contribution in [1.29, 1.82) is 0 Å². The van der Waals surface area contributed by atoms with Gasteiger partial charge in [0.25, 0.3) is 0 Å². The Balaban J connectivity index is 1.88. The van der Waals surface area contributed by atoms with E-state index in [1.807, 2.05) is 0 Å². The van der Waals surface area contributed by atoms with Crippen molar-refractivity contribution in [2.45, 2.75) is 18.9 Å². The van der Waals surface area contributed by atoms with E-state index in [-0.39, 0.29) is 6.04 Å². The minimum absolute atomic E-state index is 0.249. The number of nitrogens with zero attached hydrogens (tertiary/aromatic N) is 1. The molecular weight excluding hydrogens is 142 g/mol. The quantitative estimate of drug-likeness (QED) is 0.536. The Labute approximate surface area is 66.3 Å². The average Bonchev–Trinajstić information content (AvgIpc) is 2.04. The van der Waals surface area contributed by atoms with Crippen molar-refractivity contribution in [2.24, 2.45) is 0 Å². The zero-order chi connectivity index (χ0) is 7.68. The van der Waals surface area contributed by atoms with E-state index in [2.05, 4.69) is 4.90 Å². The Morgan fingerprint density at radius 1 is 1.36 bits per heavy atom. The lowest BCUT2D eigenvalue weighted by molar-refractivity contribution is -0.133. The lowest BCUT2D eigenvalue weighted by Crippen LogP contribution is -2.51. The van der Waals surface area contributed by atoms with Crippen LogP contribution in [-0.4, -0.2) is 43.0 Å². The maximum absolute atomic E-state index is 11.0. The topological polar surface area (TPSA) is 29.5 Å². The summed E-state index contributed by atoms with van der Waals surface area (Å²) in [6, 6.07) is 0.249. The lowest BCUT2D eigenvalue weighted by atomic mass is 9.89. The highest BCUT2D eigenvalue weighted by atomic mass is 16.5. The minimum atomic E-state index is 0.249. The maximum Gasteiger partial charge on any atom is 0.150 e. The molecule has 0 aromatic heterocycles. The fraction of sp³-hybridized carbons (Fsp3) is 0.875. The zero-order valence-corrected chi connectivity index (χ0v) is 6.58. The summed E-state index contributed by atoms with van der Waals surface area (Å²) < 4.78 is 5.20. The fourth-order valence-electron chi connectivity index (χ4n) is 1.67. The Bertz CT molecular complexity index is 163. The molecule has 0 aromatic rings. The summed E-state index contributed by atoms with van der Waals surface area (Å²) in [6.07, 6.45) is 1.86. The molecule has 0 spiro atoms. The number of ketones is 1. The highest BCUT2D eigenvalue weighted by Gasteiger charge is 2.33. The summed E-state index contributed by atoms with van der Waals surface area (Å²) in [5.41, 5.74) is 0. The summed E-state index contributed by atoms with van der Waals surface area (Å²) >= 11 is 0. The number of rotatable bonds is 1. The molecule has 1 saturated heterocycles. The molecule has 0 N–H and O–H groups in total. The normalized spacial score (nSPS) is 33.5. The Hall–Kier alpha value is -0.410. The van der Waals surface area contributed by atoms with Gasteiger partial charge in [-0.2, -0.15) is 0 Å². The van der Waals surface area contributed by atoms with Crippen molar-refractivity contribution >= 4 is 5.78 Å². The molecule has 62 valence electrons. The van der Waals surface area contributed by atoms with Crippen LogP contribution < -0.4 is 0 Å². The first-order chi connectivity index (χ1) is 5.38. The van der Waals surface area contributed by atoms with Gasteiger partial charge in [-0.25, -0.2) is 0 Å². The van der Waals surface area contributed by atoms with Crippen LogP contribution >= 0.6 is 0 Å². The van der Waals surface area contributed by atoms with Crippen molar-refractivity contribution in [3.8, 4) is 0 Å². The van der Waals surface area contributed by atoms with Crippen LogP contribution in [0.5, 0.6) is 0 Å². The molecule has 1 aliphatic heterocycles. The molecule has 1 atom stereocenters. The molecule has 3 heteroatoms. The summed E-state index contributed by atoms with van der Waals surface area (Å²) in [7, 11) is 0. The molecule has 0 amide bonds. The predicted molar refractivity (Wildman–Crippen MR) is 40.4 cm³/mol. The Kier molecular flexibility index (Phi) is 1.92. The SMILES string of the molecule is O=C1CCC1N1CCOCC1. The molecule has 1 aliphatic carbocycles. The number of Topliss-reactive ketones (excluding diaryl/α,β-unsaturated/α-hetero) is 1. The second-order valence-electron chi connectivity index (χ2n) is 3.17. The van der Waals surface area contributed by atoms with Crippen LogP contribution in [0.15, 0.2) is 0 Å². The average molecular weight is 155 g/mol. The van der Waals surface area contributed by atoms with Crippen LogP contribution in [-0.2, 0) is 9.53 Å². The Morgan fingerprint density at radius 3 is 2.55 bits per heavy atom. The zero-order valence-electron chi connectivity index (χ0n) is 6.58. The van der Waals surface area contributed by atoms with Gasteiger partial charge in [0.2, 0.25) is 0 Å². The molecule has 2 fully saturated rings. The van der Waals surface area contributed by atoms with Gasteiger partial charge in [0.05, 0.1) is 19.3 Å². The van der Waals surface area contributed by atoms with Crippen LogP contribution in [0.3, 0.4) is 0 Å². The van der Waals surface area contributed by atoms with Gasteiger partial charge in [0, 0.05) is 19.5 Å². The first kappa shape index (κ1) is 7.25. The van der Waals surface area contributed by atoms with E-state index < -0.39 is 0 Å². The molecule has 1 heterocycles. The molecule has 3 nitrogen and oxygen atoms in total. The molecular formula is C8H13NO2. The van der Waals surface area contributed by atoms with Gasteiger partial charge in [-0.15, -0.1) is 0 Å². The number of carbonyl (C=O) groups excluding carboxylic acids is 1. The third-order valence-electron chi connectivity index (χ3n) is 2.52. The molecule has 1 saturated carbocycles. The van der Waals surface area contributed by atoms with E-state index in [1.54, 1.807) is 0 Å². The highest BCUT2D eigenvalue weighted by molar-refractivity contribution is 5.89. The van der Waals surface area contributed by atoms with Crippen molar-refractivity contribution in [3.05, 3.63) is 0 Å². The van der Waals surface area contributed by atoms with E-state index in [4.69, 9.17) is 4.74 Å². The number of ether oxygens (including phenoxy) is 1. The molecule has 2 rings (SSSR count). The van der Waals surface area contributed by atoms with Crippen molar-refractivity contribution in [1.82, 2.24) is 4.90 Å². The standard InChI is InChI=1S/C8H13NO2/c10-8-2-1-7(8)9-3-5-11-6-4-9/h7H,1-6H2. The number of carbonyl (C=O) groups is 1. The second kappa shape index (κ2) is 2.91. The third kappa shape index (κ3) is 1.30. The first-order valence-corrected chi connectivity index (χ1v) is 4.22. The van der Waals surface area contributed by atoms with Crippen LogP contribution in [0.25, 0.3) is 0 Å². The predicted octanol–water partition coefficient (Wildman–Crippen LogP) is 0.0501. The van der Waals surface area contributed by atoms with Gasteiger partial charge in [0.1, 0.15) is 5.78 Å². The Morgan fingerprint density at radius 2 is 2.09 bits per heavy atom. The lowest BCUT2D eigenvalue weighted by Gasteiger charge is -2.38. The van der Waals surface area contributed by atoms with Crippen molar-refractivity contribution in [2.75, 3.05) is 26.3 Å². The monoisotopic (exact) mass is 155 g/mol. The largest absolute Gasteiger partial charge is 0.379 e. The molecule has 11 heavy (non-hydrogen) atoms. The summed E-state index contributed by atoms with van der Waals surface area (Å²) in [5, 5.41) is 0. The highest BCUT2D eigenvalue weighted by Crippen LogP contribution is 2.21. The van der Waals surface area contributed by atoms with Crippen molar-refractivity contribution in [3.63, 3.8) is 0 Å². The van der Waals surface area contributed by atoms with Crippen molar-refractivity contribution < 1.29 is 9.53 Å². The van der Waals surface area contributed by atoms with E-state index in [0.717, 1.165) is 39.1 Å². The molecule has 2 aliphatic rings. The van der Waals surface area contributed by atoms with E-state index in [9.17, 15) is 4.79 Å². The molecule has 1 unspecified atom stereocenters. The minimum Gasteiger partial charge on any atom is -0.379 e. The number of hydrogen-bond acceptors (Lipinski definition) is 3. The van der Waals surface area contributed by atoms with Gasteiger partial charge in [0.15, 0.2) is 0 Å². The first-order valence-electron chi connectivity index (χ1n) is 4.22. The van der Waals surface area contributed by atoms with Gasteiger partial charge in [-0.1, -0.05) is 0 Å². The number of morpholine rings is 1. The van der Waals surface area contributed by atoms with Gasteiger partial charge in [-0.05, 0) is 6.42 Å². The van der Waals surface area contributed by atoms with E-state index in [1.165, 1.54) is 0 Å². The molecule has 0 radical (unpaired) electrons. The summed E-state index contributed by atoms with van der Waals surface area (Å²) in [4.78, 5) is 13.3. The van der Waals surface area contributed by atoms with Crippen LogP contribution in [0.1, 0.15) is 12.8 Å². The smallest absolute Gasteiger partial charge is 0.150 e. The summed E-state index contributed by atoms with van der Waals surface area (Å²) in [6.45, 7) is 3.47. The third-order valence-corrected chi connectivity index (χ3v) is 2.52. The molecule has 0 bridgehead atoms. The molecule has 0 aromatic carbocycles. The van der Waals surface area contributed by atoms with E-state index >= 15 is 0 Å². The van der Waals surface area contributed by atoms with Crippen LogP contribution in [0.4, 0.5) is 0 Å². The number of hydrogen-bond donors (Lipinski definition) is 0.